The number of amides is 1. The molecular weight excluding hydrogens is 688 g/mol. The second kappa shape index (κ2) is 12.3. The second-order valence-electron chi connectivity index (χ2n) is 13.2. The fraction of sp³-hybridized carbons (Fsp3) is 0.225. The number of rotatable bonds is 5. The van der Waals surface area contributed by atoms with Gasteiger partial charge in [-0.15, -0.1) is 0 Å². The third-order valence-electron chi connectivity index (χ3n) is 10.2. The van der Waals surface area contributed by atoms with E-state index in [0.29, 0.717) is 39.0 Å². The van der Waals surface area contributed by atoms with Crippen LogP contribution in [-0.4, -0.2) is 46.0 Å². The van der Waals surface area contributed by atoms with E-state index in [1.165, 1.54) is 24.3 Å². The van der Waals surface area contributed by atoms with E-state index >= 15 is 0 Å². The van der Waals surface area contributed by atoms with Crippen molar-refractivity contribution in [1.82, 2.24) is 0 Å². The molecule has 0 spiro atoms. The number of aliphatic hydroxyl groups excluding tert-OH is 2. The van der Waals surface area contributed by atoms with Crippen LogP contribution in [0.25, 0.3) is 11.1 Å². The summed E-state index contributed by atoms with van der Waals surface area (Å²) < 4.78 is 88.3. The first-order chi connectivity index (χ1) is 24.7. The summed E-state index contributed by atoms with van der Waals surface area (Å²) in [5, 5.41) is 30.9. The highest BCUT2D eigenvalue weighted by Crippen LogP contribution is 2.57. The second-order valence-corrected chi connectivity index (χ2v) is 13.2. The molecule has 0 saturated carbocycles. The molecule has 1 saturated heterocycles. The van der Waals surface area contributed by atoms with Crippen molar-refractivity contribution in [3.8, 4) is 0 Å². The molecule has 2 heterocycles. The average molecular weight is 718 g/mol. The fourth-order valence-electron chi connectivity index (χ4n) is 7.88. The molecule has 0 aromatic heterocycles. The van der Waals surface area contributed by atoms with Crippen molar-refractivity contribution in [2.24, 2.45) is 11.8 Å². The lowest BCUT2D eigenvalue weighted by Gasteiger charge is -2.52. The van der Waals surface area contributed by atoms with Gasteiger partial charge >= 0.3 is 12.4 Å². The molecule has 12 heteroatoms. The summed E-state index contributed by atoms with van der Waals surface area (Å²) in [6.07, 6.45) is -3.10. The van der Waals surface area contributed by atoms with E-state index in [-0.39, 0.29) is 17.7 Å². The molecule has 3 aliphatic carbocycles. The van der Waals surface area contributed by atoms with Crippen LogP contribution in [0.2, 0.25) is 0 Å². The van der Waals surface area contributed by atoms with Gasteiger partial charge in [0.25, 0.3) is 5.91 Å². The lowest BCUT2D eigenvalue weighted by atomic mass is 9.61. The number of hydrogen-bond donors (Lipinski definition) is 3. The van der Waals surface area contributed by atoms with E-state index in [4.69, 9.17) is 4.74 Å². The van der Waals surface area contributed by atoms with E-state index in [1.807, 2.05) is 18.2 Å². The van der Waals surface area contributed by atoms with Crippen LogP contribution in [0.1, 0.15) is 27.8 Å². The number of carbonyl (C=O) groups excluding carboxylic acids is 1. The summed E-state index contributed by atoms with van der Waals surface area (Å²) in [4.78, 5) is 15.7. The van der Waals surface area contributed by atoms with Gasteiger partial charge in [0.1, 0.15) is 0 Å². The maximum atomic E-state index is 14.5. The first-order valence-electron chi connectivity index (χ1n) is 16.4. The number of fused-ring (bicyclic) bond motifs is 2. The minimum Gasteiger partial charge on any atom is -0.369 e. The summed E-state index contributed by atoms with van der Waals surface area (Å²) in [5.41, 5.74) is 2.64. The lowest BCUT2D eigenvalue weighted by molar-refractivity contribution is -0.138. The quantitative estimate of drug-likeness (QED) is 0.193. The number of halogens is 6. The van der Waals surface area contributed by atoms with Crippen LogP contribution in [0.5, 0.6) is 0 Å². The highest BCUT2D eigenvalue weighted by Gasteiger charge is 2.53. The highest BCUT2D eigenvalue weighted by molar-refractivity contribution is 6.14. The summed E-state index contributed by atoms with van der Waals surface area (Å²) in [5.74, 6) is -1.74. The molecule has 52 heavy (non-hydrogen) atoms. The van der Waals surface area contributed by atoms with E-state index < -0.39 is 65.9 Å². The molecule has 8 rings (SSSR count). The monoisotopic (exact) mass is 717 g/mol. The molecule has 5 atom stereocenters. The molecule has 6 nitrogen and oxygen atoms in total. The molecule has 2 aliphatic heterocycles. The van der Waals surface area contributed by atoms with Gasteiger partial charge < -0.3 is 20.1 Å². The van der Waals surface area contributed by atoms with Crippen molar-refractivity contribution < 1.29 is 51.2 Å². The van der Waals surface area contributed by atoms with Gasteiger partial charge in [-0.25, -0.2) is 0 Å². The summed E-state index contributed by atoms with van der Waals surface area (Å²) >= 11 is 0. The maximum Gasteiger partial charge on any atom is 0.416 e. The average Bonchev–Trinajstić information content (AvgIpc) is 3.11. The topological polar surface area (TPSA) is 90.2 Å². The minimum absolute atomic E-state index is 0.0740. The van der Waals surface area contributed by atoms with E-state index in [0.717, 1.165) is 34.7 Å². The van der Waals surface area contributed by atoms with Crippen LogP contribution in [0.4, 0.5) is 32.0 Å². The normalized spacial score (nSPS) is 25.3. The van der Waals surface area contributed by atoms with Crippen molar-refractivity contribution in [3.63, 3.8) is 0 Å². The van der Waals surface area contributed by atoms with Crippen LogP contribution in [0.3, 0.4) is 0 Å². The van der Waals surface area contributed by atoms with Crippen LogP contribution in [0.15, 0.2) is 132 Å². The zero-order chi connectivity index (χ0) is 36.7. The first-order valence-corrected chi connectivity index (χ1v) is 16.4. The van der Waals surface area contributed by atoms with Crippen LogP contribution in [0, 0.1) is 11.8 Å². The van der Waals surface area contributed by atoms with Crippen LogP contribution < -0.4 is 4.90 Å². The summed E-state index contributed by atoms with van der Waals surface area (Å²) in [6.45, 7) is 0. The molecule has 1 fully saturated rings. The molecule has 266 valence electrons. The molecule has 0 bridgehead atoms. The van der Waals surface area contributed by atoms with Crippen LogP contribution in [-0.2, 0) is 28.3 Å². The van der Waals surface area contributed by atoms with Gasteiger partial charge in [0, 0.05) is 35.1 Å². The molecule has 5 unspecified atom stereocenters. The van der Waals surface area contributed by atoms with Crippen molar-refractivity contribution >= 4 is 22.7 Å². The molecule has 3 N–H and O–H groups in total. The van der Waals surface area contributed by atoms with Gasteiger partial charge in [0.2, 0.25) is 0 Å². The Hall–Kier alpha value is -5.01. The zero-order valence-corrected chi connectivity index (χ0v) is 26.9. The fourth-order valence-corrected chi connectivity index (χ4v) is 7.88. The number of aliphatic hydroxyl groups is 3. The number of alkyl halides is 6. The molecule has 0 radical (unpaired) electrons. The Morgan fingerprint density at radius 3 is 1.96 bits per heavy atom. The highest BCUT2D eigenvalue weighted by atomic mass is 19.4. The van der Waals surface area contributed by atoms with Crippen molar-refractivity contribution in [2.75, 3.05) is 4.90 Å². The zero-order valence-electron chi connectivity index (χ0n) is 26.9. The Balaban J connectivity index is 1.36. The molecular formula is C40H29F6NO5. The molecule has 5 aliphatic rings. The Morgan fingerprint density at radius 1 is 0.769 bits per heavy atom. The predicted molar refractivity (Wildman–Crippen MR) is 179 cm³/mol. The Labute approximate surface area is 293 Å². The van der Waals surface area contributed by atoms with Gasteiger partial charge in [-0.2, -0.15) is 26.3 Å². The number of ether oxygens (including phenoxy) is 1. The van der Waals surface area contributed by atoms with Crippen LogP contribution >= 0.6 is 0 Å². The van der Waals surface area contributed by atoms with E-state index in [1.54, 1.807) is 42.5 Å². The van der Waals surface area contributed by atoms with Gasteiger partial charge in [0.05, 0.1) is 23.3 Å². The smallest absolute Gasteiger partial charge is 0.369 e. The Kier molecular flexibility index (Phi) is 8.07. The number of hydrogen-bond acceptors (Lipinski definition) is 5. The molecule has 1 amide bonds. The van der Waals surface area contributed by atoms with Crippen molar-refractivity contribution in [3.05, 3.63) is 159 Å². The number of carbonyl (C=O) groups is 1. The van der Waals surface area contributed by atoms with E-state index in [9.17, 15) is 46.5 Å². The number of nitrogens with zero attached hydrogens (tertiary/aromatic N) is 1. The minimum atomic E-state index is -4.58. The number of allylic oxidation sites excluding steroid dienone is 4. The van der Waals surface area contributed by atoms with Crippen molar-refractivity contribution in [1.29, 1.82) is 0 Å². The van der Waals surface area contributed by atoms with Crippen molar-refractivity contribution in [2.45, 2.75) is 43.5 Å². The molecule has 3 aromatic carbocycles. The van der Waals surface area contributed by atoms with Gasteiger partial charge in [0.15, 0.2) is 12.5 Å². The standard InChI is InChI=1S/C40H29F6NO5/c41-39(42,43)23-11-7-21(8-12-23)27-18-29-34-30(38(51)47(37(29)50)25-15-5-20(6-16-25)17-32(48)49)19-28(22-9-13-24(14-10-22)40(44,45)46)36-35(34)33(27)26-3-1-2-4-31(26)52-36/h1-16,18-19,26,31-32,35-36,38,48-49,51H,17H2. The third kappa shape index (κ3) is 5.66. The Bertz CT molecular complexity index is 2140. The lowest BCUT2D eigenvalue weighted by Crippen LogP contribution is -2.53. The largest absolute Gasteiger partial charge is 0.416 e. The number of benzene rings is 3. The van der Waals surface area contributed by atoms with E-state index in [2.05, 4.69) is 0 Å². The summed E-state index contributed by atoms with van der Waals surface area (Å²) in [7, 11) is 0. The van der Waals surface area contributed by atoms with Gasteiger partial charge in [-0.05, 0) is 87.5 Å². The maximum absolute atomic E-state index is 14.5. The first kappa shape index (κ1) is 34.1. The number of anilines is 1. The molecule has 3 aromatic rings. The predicted octanol–water partition coefficient (Wildman–Crippen LogP) is 7.16. The third-order valence-corrected chi connectivity index (χ3v) is 10.2. The Morgan fingerprint density at radius 2 is 1.37 bits per heavy atom. The summed E-state index contributed by atoms with van der Waals surface area (Å²) in [6, 6.07) is 15.5. The van der Waals surface area contributed by atoms with Gasteiger partial charge in [-0.1, -0.05) is 60.7 Å². The SMILES string of the molecule is O=C1C2=CC(c3ccc(C(F)(F)F)cc3)=C3C4C=CC=CC4OC4C(c5ccc(C(F)(F)F)cc5)=CC(=C2C34)C(O)N1c1ccc(CC(O)O)cc1. The van der Waals surface area contributed by atoms with Gasteiger partial charge in [-0.3, -0.25) is 9.69 Å².